The summed E-state index contributed by atoms with van der Waals surface area (Å²) in [6, 6.07) is 27.1. The van der Waals surface area contributed by atoms with Crippen LogP contribution in [0.5, 0.6) is 0 Å². The molecule has 32 heavy (non-hydrogen) atoms. The van der Waals surface area contributed by atoms with E-state index in [1.54, 1.807) is 11.8 Å². The van der Waals surface area contributed by atoms with Gasteiger partial charge in [-0.25, -0.2) is 4.98 Å². The number of nitrogens with one attached hydrogen (secondary N) is 1. The number of carbonyl (C=O) groups excluding carboxylic acids is 1. The van der Waals surface area contributed by atoms with E-state index in [2.05, 4.69) is 10.3 Å². The molecule has 2 heterocycles. The Kier molecular flexibility index (Phi) is 5.58. The molecule has 0 saturated carbocycles. The zero-order valence-corrected chi connectivity index (χ0v) is 18.4. The van der Waals surface area contributed by atoms with Gasteiger partial charge >= 0.3 is 0 Å². The molecule has 5 rings (SSSR count). The van der Waals surface area contributed by atoms with E-state index in [0.717, 1.165) is 21.0 Å². The second-order valence-corrected chi connectivity index (χ2v) is 8.90. The van der Waals surface area contributed by atoms with Crippen LogP contribution in [0.1, 0.15) is 10.4 Å². The molecule has 5 nitrogen and oxygen atoms in total. The van der Waals surface area contributed by atoms with Gasteiger partial charge < -0.3 is 5.32 Å². The average Bonchev–Trinajstić information content (AvgIpc) is 3.27. The molecule has 7 heteroatoms. The van der Waals surface area contributed by atoms with E-state index >= 15 is 0 Å². The SMILES string of the molecule is O=C(Nc1ccccc1Sc1ccccc1)c1cnc2scc(-c3ccccc3)n2c1=O. The van der Waals surface area contributed by atoms with Crippen LogP contribution in [-0.4, -0.2) is 15.3 Å². The third-order valence-corrected chi connectivity index (χ3v) is 6.79. The van der Waals surface area contributed by atoms with Crippen LogP contribution in [0.4, 0.5) is 5.69 Å². The second kappa shape index (κ2) is 8.82. The van der Waals surface area contributed by atoms with Crippen molar-refractivity contribution >= 4 is 39.7 Å². The fourth-order valence-corrected chi connectivity index (χ4v) is 5.10. The van der Waals surface area contributed by atoms with Crippen molar-refractivity contribution in [2.45, 2.75) is 9.79 Å². The zero-order valence-electron chi connectivity index (χ0n) is 16.8. The summed E-state index contributed by atoms with van der Waals surface area (Å²) < 4.78 is 1.50. The standard InChI is InChI=1S/C25H17N3O2S2/c29-23(27-20-13-7-8-14-22(20)32-18-11-5-2-6-12-18)19-15-26-25-28(24(19)30)21(16-31-25)17-9-3-1-4-10-17/h1-16H,(H,27,29). The molecule has 3 aromatic carbocycles. The van der Waals surface area contributed by atoms with Gasteiger partial charge in [0.1, 0.15) is 5.56 Å². The molecule has 0 unspecified atom stereocenters. The fraction of sp³-hybridized carbons (Fsp3) is 0. The lowest BCUT2D eigenvalue weighted by atomic mass is 10.2. The van der Waals surface area contributed by atoms with Crippen molar-refractivity contribution in [3.8, 4) is 11.3 Å². The molecule has 1 N–H and O–H groups in total. The lowest BCUT2D eigenvalue weighted by molar-refractivity contribution is 0.102. The number of para-hydroxylation sites is 1. The first-order valence-corrected chi connectivity index (χ1v) is 11.6. The summed E-state index contributed by atoms with van der Waals surface area (Å²) >= 11 is 2.92. The highest BCUT2D eigenvalue weighted by molar-refractivity contribution is 7.99. The largest absolute Gasteiger partial charge is 0.321 e. The van der Waals surface area contributed by atoms with Gasteiger partial charge in [-0.1, -0.05) is 72.4 Å². The molecule has 0 aliphatic heterocycles. The molecule has 0 aliphatic rings. The molecule has 0 fully saturated rings. The Balaban J connectivity index is 1.49. The summed E-state index contributed by atoms with van der Waals surface area (Å²) in [5.74, 6) is -0.483. The first-order valence-electron chi connectivity index (χ1n) is 9.89. The molecule has 0 spiro atoms. The van der Waals surface area contributed by atoms with Crippen molar-refractivity contribution in [2.24, 2.45) is 0 Å². The van der Waals surface area contributed by atoms with E-state index in [0.29, 0.717) is 10.6 Å². The van der Waals surface area contributed by atoms with Gasteiger partial charge in [-0.3, -0.25) is 14.0 Å². The van der Waals surface area contributed by atoms with Crippen LogP contribution < -0.4 is 10.9 Å². The molecule has 0 bridgehead atoms. The summed E-state index contributed by atoms with van der Waals surface area (Å²) in [4.78, 5) is 33.2. The number of aromatic nitrogens is 2. The van der Waals surface area contributed by atoms with Gasteiger partial charge in [-0.15, -0.1) is 11.3 Å². The maximum absolute atomic E-state index is 13.3. The Bertz CT molecular complexity index is 1460. The average molecular weight is 456 g/mol. The second-order valence-electron chi connectivity index (χ2n) is 6.95. The smallest absolute Gasteiger partial charge is 0.271 e. The van der Waals surface area contributed by atoms with Gasteiger partial charge in [0, 0.05) is 21.4 Å². The van der Waals surface area contributed by atoms with Crippen molar-refractivity contribution in [1.29, 1.82) is 0 Å². The van der Waals surface area contributed by atoms with E-state index < -0.39 is 5.91 Å². The molecule has 0 radical (unpaired) electrons. The maximum atomic E-state index is 13.3. The normalized spacial score (nSPS) is 10.9. The number of thiazole rings is 1. The molecule has 2 aromatic heterocycles. The Labute approximate surface area is 192 Å². The van der Waals surface area contributed by atoms with E-state index in [1.807, 2.05) is 90.3 Å². The van der Waals surface area contributed by atoms with Crippen LogP contribution in [-0.2, 0) is 0 Å². The highest BCUT2D eigenvalue weighted by atomic mass is 32.2. The van der Waals surface area contributed by atoms with E-state index in [1.165, 1.54) is 21.9 Å². The number of fused-ring (bicyclic) bond motifs is 1. The number of anilines is 1. The number of carbonyl (C=O) groups is 1. The summed E-state index contributed by atoms with van der Waals surface area (Å²) in [6.45, 7) is 0. The monoisotopic (exact) mass is 455 g/mol. The number of benzene rings is 3. The van der Waals surface area contributed by atoms with E-state index in [-0.39, 0.29) is 11.1 Å². The summed E-state index contributed by atoms with van der Waals surface area (Å²) in [7, 11) is 0. The van der Waals surface area contributed by atoms with Crippen molar-refractivity contribution in [1.82, 2.24) is 9.38 Å². The zero-order chi connectivity index (χ0) is 21.9. The predicted octanol–water partition coefficient (Wildman–Crippen LogP) is 5.83. The number of rotatable bonds is 5. The number of amides is 1. The quantitative estimate of drug-likeness (QED) is 0.362. The van der Waals surface area contributed by atoms with Crippen LogP contribution in [0.3, 0.4) is 0 Å². The van der Waals surface area contributed by atoms with Crippen molar-refractivity contribution < 1.29 is 4.79 Å². The van der Waals surface area contributed by atoms with Gasteiger partial charge in [0.2, 0.25) is 0 Å². The summed E-state index contributed by atoms with van der Waals surface area (Å²) in [5, 5.41) is 4.78. The Morgan fingerprint density at radius 3 is 2.38 bits per heavy atom. The van der Waals surface area contributed by atoms with Crippen molar-refractivity contribution in [2.75, 3.05) is 5.32 Å². The molecular weight excluding hydrogens is 438 g/mol. The minimum absolute atomic E-state index is 0.00223. The summed E-state index contributed by atoms with van der Waals surface area (Å²) in [6.07, 6.45) is 1.35. The van der Waals surface area contributed by atoms with Crippen LogP contribution in [0.2, 0.25) is 0 Å². The minimum Gasteiger partial charge on any atom is -0.321 e. The van der Waals surface area contributed by atoms with Crippen LogP contribution in [0.15, 0.2) is 111 Å². The Hall–Kier alpha value is -3.68. The van der Waals surface area contributed by atoms with Gasteiger partial charge in [-0.05, 0) is 29.8 Å². The molecule has 156 valence electrons. The lowest BCUT2D eigenvalue weighted by Crippen LogP contribution is -2.26. The maximum Gasteiger partial charge on any atom is 0.271 e. The van der Waals surface area contributed by atoms with Crippen LogP contribution >= 0.6 is 23.1 Å². The third kappa shape index (κ3) is 3.95. The highest BCUT2D eigenvalue weighted by Crippen LogP contribution is 2.33. The van der Waals surface area contributed by atoms with Crippen LogP contribution in [0.25, 0.3) is 16.2 Å². The number of hydrogen-bond acceptors (Lipinski definition) is 5. The molecule has 0 saturated heterocycles. The molecule has 0 aliphatic carbocycles. The minimum atomic E-state index is -0.483. The van der Waals surface area contributed by atoms with E-state index in [9.17, 15) is 9.59 Å². The van der Waals surface area contributed by atoms with E-state index in [4.69, 9.17) is 0 Å². The number of hydrogen-bond donors (Lipinski definition) is 1. The van der Waals surface area contributed by atoms with Crippen LogP contribution in [0, 0.1) is 0 Å². The fourth-order valence-electron chi connectivity index (χ4n) is 3.32. The molecule has 1 amide bonds. The first-order chi connectivity index (χ1) is 15.7. The summed E-state index contributed by atoms with van der Waals surface area (Å²) in [5.41, 5.74) is 1.87. The van der Waals surface area contributed by atoms with Gasteiger partial charge in [0.15, 0.2) is 4.96 Å². The van der Waals surface area contributed by atoms with Gasteiger partial charge in [-0.2, -0.15) is 0 Å². The Morgan fingerprint density at radius 2 is 1.59 bits per heavy atom. The molecule has 0 atom stereocenters. The Morgan fingerprint density at radius 1 is 0.906 bits per heavy atom. The van der Waals surface area contributed by atoms with Gasteiger partial charge in [0.05, 0.1) is 11.4 Å². The van der Waals surface area contributed by atoms with Gasteiger partial charge in [0.25, 0.3) is 11.5 Å². The molecule has 5 aromatic rings. The lowest BCUT2D eigenvalue weighted by Gasteiger charge is -2.11. The predicted molar refractivity (Wildman–Crippen MR) is 130 cm³/mol. The number of nitrogens with zero attached hydrogens (tertiary/aromatic N) is 2. The third-order valence-electron chi connectivity index (χ3n) is 4.87. The van der Waals surface area contributed by atoms with Crippen molar-refractivity contribution in [3.05, 3.63) is 112 Å². The topological polar surface area (TPSA) is 63.5 Å². The highest BCUT2D eigenvalue weighted by Gasteiger charge is 2.18. The molecular formula is C25H17N3O2S2. The first kappa shape index (κ1) is 20.2. The van der Waals surface area contributed by atoms with Crippen molar-refractivity contribution in [3.63, 3.8) is 0 Å².